The molecule has 1 aromatic carbocycles. The molecule has 0 spiro atoms. The topological polar surface area (TPSA) is 71.4 Å². The summed E-state index contributed by atoms with van der Waals surface area (Å²) in [7, 11) is 0. The van der Waals surface area contributed by atoms with Crippen LogP contribution in [0.4, 0.5) is 8.78 Å². The fraction of sp³-hybridized carbons (Fsp3) is 0.375. The average Bonchev–Trinajstić information content (AvgIpc) is 3.36. The number of benzene rings is 1. The molecule has 174 valence electrons. The fourth-order valence-corrected chi connectivity index (χ4v) is 5.18. The molecule has 1 aliphatic heterocycles. The van der Waals surface area contributed by atoms with E-state index in [4.69, 9.17) is 0 Å². The second-order valence-corrected chi connectivity index (χ2v) is 9.94. The van der Waals surface area contributed by atoms with Crippen LogP contribution in [0.5, 0.6) is 0 Å². The highest BCUT2D eigenvalue weighted by molar-refractivity contribution is 5.85. The van der Waals surface area contributed by atoms with E-state index in [2.05, 4.69) is 57.7 Å². The number of nitrogens with one attached hydrogen (secondary N) is 2. The van der Waals surface area contributed by atoms with Crippen LogP contribution >= 0.6 is 12.4 Å². The van der Waals surface area contributed by atoms with Crippen molar-refractivity contribution >= 4 is 23.6 Å². The van der Waals surface area contributed by atoms with Crippen molar-refractivity contribution in [2.45, 2.75) is 57.7 Å². The van der Waals surface area contributed by atoms with Crippen LogP contribution in [0.3, 0.4) is 0 Å². The maximum atomic E-state index is 14.9. The minimum absolute atomic E-state index is 0. The molecule has 1 fully saturated rings. The highest BCUT2D eigenvalue weighted by Gasteiger charge is 2.38. The van der Waals surface area contributed by atoms with Crippen LogP contribution in [-0.2, 0) is 0 Å². The fourth-order valence-electron chi connectivity index (χ4n) is 5.18. The number of halogens is 3. The van der Waals surface area contributed by atoms with Crippen molar-refractivity contribution in [3.05, 3.63) is 54.6 Å². The molecule has 3 aromatic heterocycles. The molecule has 0 atom stereocenters. The van der Waals surface area contributed by atoms with E-state index >= 15 is 0 Å². The first kappa shape index (κ1) is 23.3. The van der Waals surface area contributed by atoms with Gasteiger partial charge < -0.3 is 9.88 Å². The Balaban J connectivity index is 0.00000259. The molecule has 0 radical (unpaired) electrons. The Bertz CT molecular complexity index is 1280. The zero-order valence-electron chi connectivity index (χ0n) is 19.0. The standard InChI is InChI=1S/C24H26F2N6.ClH/c1-23(2)9-15(10-24(3,4)31-23)32-6-5-20-22(32)27-13-21(30-20)17-8-18(25)16(7-19(17)26)14-11-28-29-12-14;/h5-8,11-13,15,31H,9-10H2,1-4H3,(H,28,29);1H. The van der Waals surface area contributed by atoms with Crippen LogP contribution in [-0.4, -0.2) is 35.8 Å². The van der Waals surface area contributed by atoms with E-state index in [0.29, 0.717) is 16.8 Å². The maximum absolute atomic E-state index is 14.9. The van der Waals surface area contributed by atoms with E-state index in [0.717, 1.165) is 18.5 Å². The number of piperidine rings is 1. The van der Waals surface area contributed by atoms with Gasteiger partial charge in [-0.05, 0) is 58.7 Å². The lowest BCUT2D eigenvalue weighted by Crippen LogP contribution is -2.57. The lowest BCUT2D eigenvalue weighted by Gasteiger charge is -2.47. The number of rotatable bonds is 3. The van der Waals surface area contributed by atoms with Crippen molar-refractivity contribution in [3.8, 4) is 22.4 Å². The largest absolute Gasteiger partial charge is 0.328 e. The molecule has 0 saturated carbocycles. The molecule has 2 N–H and O–H groups in total. The number of aromatic nitrogens is 5. The van der Waals surface area contributed by atoms with Gasteiger partial charge in [-0.25, -0.2) is 18.7 Å². The Kier molecular flexibility index (Phi) is 5.78. The van der Waals surface area contributed by atoms with E-state index in [-0.39, 0.29) is 40.7 Å². The molecular weight excluding hydrogens is 446 g/mol. The van der Waals surface area contributed by atoms with Crippen LogP contribution in [0, 0.1) is 11.6 Å². The third-order valence-electron chi connectivity index (χ3n) is 6.12. The Hall–Kier alpha value is -2.84. The SMILES string of the molecule is CC1(C)CC(n2ccc3nc(-c4cc(F)c(-c5cn[nH]c5)cc4F)cnc32)CC(C)(C)N1.Cl. The van der Waals surface area contributed by atoms with Crippen LogP contribution < -0.4 is 5.32 Å². The van der Waals surface area contributed by atoms with Gasteiger partial charge in [-0.3, -0.25) is 5.10 Å². The third kappa shape index (κ3) is 4.37. The van der Waals surface area contributed by atoms with Crippen molar-refractivity contribution in [3.63, 3.8) is 0 Å². The molecule has 5 rings (SSSR count). The van der Waals surface area contributed by atoms with Gasteiger partial charge in [0.25, 0.3) is 0 Å². The first-order valence-corrected chi connectivity index (χ1v) is 10.7. The molecule has 6 nitrogen and oxygen atoms in total. The van der Waals surface area contributed by atoms with Gasteiger partial charge in [-0.1, -0.05) is 0 Å². The van der Waals surface area contributed by atoms with Crippen molar-refractivity contribution in [1.82, 2.24) is 30.0 Å². The number of hydrogen-bond donors (Lipinski definition) is 2. The van der Waals surface area contributed by atoms with Crippen LogP contribution in [0.25, 0.3) is 33.5 Å². The van der Waals surface area contributed by atoms with Gasteiger partial charge in [0.15, 0.2) is 5.65 Å². The van der Waals surface area contributed by atoms with E-state index in [1.807, 2.05) is 12.3 Å². The monoisotopic (exact) mass is 472 g/mol. The quantitative estimate of drug-likeness (QED) is 0.403. The van der Waals surface area contributed by atoms with Gasteiger partial charge >= 0.3 is 0 Å². The normalized spacial score (nSPS) is 17.8. The molecule has 0 unspecified atom stereocenters. The Labute approximate surface area is 197 Å². The average molecular weight is 473 g/mol. The summed E-state index contributed by atoms with van der Waals surface area (Å²) in [6, 6.07) is 4.50. The van der Waals surface area contributed by atoms with Crippen molar-refractivity contribution in [2.75, 3.05) is 0 Å². The van der Waals surface area contributed by atoms with E-state index in [1.165, 1.54) is 30.7 Å². The summed E-state index contributed by atoms with van der Waals surface area (Å²) in [6.07, 6.45) is 8.41. The summed E-state index contributed by atoms with van der Waals surface area (Å²) >= 11 is 0. The maximum Gasteiger partial charge on any atom is 0.158 e. The van der Waals surface area contributed by atoms with Gasteiger partial charge in [0.2, 0.25) is 0 Å². The second-order valence-electron chi connectivity index (χ2n) is 9.94. The van der Waals surface area contributed by atoms with Gasteiger partial charge in [0.05, 0.1) is 18.1 Å². The summed E-state index contributed by atoms with van der Waals surface area (Å²) in [5.74, 6) is -1.10. The van der Waals surface area contributed by atoms with E-state index in [9.17, 15) is 8.78 Å². The van der Waals surface area contributed by atoms with Crippen LogP contribution in [0.2, 0.25) is 0 Å². The van der Waals surface area contributed by atoms with Crippen molar-refractivity contribution in [2.24, 2.45) is 0 Å². The Morgan fingerprint density at radius 2 is 1.67 bits per heavy atom. The lowest BCUT2D eigenvalue weighted by atomic mass is 9.79. The van der Waals surface area contributed by atoms with Gasteiger partial charge in [-0.2, -0.15) is 5.10 Å². The zero-order chi connectivity index (χ0) is 22.7. The Morgan fingerprint density at radius 3 is 2.33 bits per heavy atom. The molecule has 4 aromatic rings. The minimum atomic E-state index is -0.558. The molecular formula is C24H27ClF2N6. The van der Waals surface area contributed by atoms with E-state index in [1.54, 1.807) is 0 Å². The van der Waals surface area contributed by atoms with E-state index < -0.39 is 11.6 Å². The number of aromatic amines is 1. The highest BCUT2D eigenvalue weighted by atomic mass is 35.5. The van der Waals surface area contributed by atoms with Crippen molar-refractivity contribution < 1.29 is 8.78 Å². The molecule has 9 heteroatoms. The summed E-state index contributed by atoms with van der Waals surface area (Å²) in [4.78, 5) is 9.21. The molecule has 0 amide bonds. The van der Waals surface area contributed by atoms with Gasteiger partial charge in [-0.15, -0.1) is 12.4 Å². The Morgan fingerprint density at radius 1 is 1.00 bits per heavy atom. The van der Waals surface area contributed by atoms with Gasteiger partial charge in [0, 0.05) is 46.2 Å². The number of H-pyrrole nitrogens is 1. The summed E-state index contributed by atoms with van der Waals surface area (Å²) in [6.45, 7) is 8.84. The molecule has 33 heavy (non-hydrogen) atoms. The van der Waals surface area contributed by atoms with Crippen molar-refractivity contribution in [1.29, 1.82) is 0 Å². The smallest absolute Gasteiger partial charge is 0.158 e. The number of nitrogens with zero attached hydrogens (tertiary/aromatic N) is 4. The highest BCUT2D eigenvalue weighted by Crippen LogP contribution is 2.37. The van der Waals surface area contributed by atoms with Crippen LogP contribution in [0.1, 0.15) is 46.6 Å². The molecule has 1 saturated heterocycles. The molecule has 4 heterocycles. The first-order valence-electron chi connectivity index (χ1n) is 10.7. The minimum Gasteiger partial charge on any atom is -0.328 e. The number of hydrogen-bond acceptors (Lipinski definition) is 4. The summed E-state index contributed by atoms with van der Waals surface area (Å²) < 4.78 is 31.8. The predicted molar refractivity (Wildman–Crippen MR) is 127 cm³/mol. The molecule has 1 aliphatic rings. The first-order chi connectivity index (χ1) is 15.1. The predicted octanol–water partition coefficient (Wildman–Crippen LogP) is 5.67. The zero-order valence-corrected chi connectivity index (χ0v) is 19.8. The third-order valence-corrected chi connectivity index (χ3v) is 6.12. The summed E-state index contributed by atoms with van der Waals surface area (Å²) in [5.41, 5.74) is 2.42. The number of fused-ring (bicyclic) bond motifs is 1. The molecule has 0 bridgehead atoms. The second kappa shape index (κ2) is 8.18. The van der Waals surface area contributed by atoms with Gasteiger partial charge in [0.1, 0.15) is 17.2 Å². The summed E-state index contributed by atoms with van der Waals surface area (Å²) in [5, 5.41) is 10.1. The van der Waals surface area contributed by atoms with Crippen LogP contribution in [0.15, 0.2) is 43.0 Å². The molecule has 0 aliphatic carbocycles. The lowest BCUT2D eigenvalue weighted by molar-refractivity contribution is 0.134.